The van der Waals surface area contributed by atoms with Crippen LogP contribution in [-0.2, 0) is 24.2 Å². The number of nitrogens with one attached hydrogen (secondary N) is 2. The summed E-state index contributed by atoms with van der Waals surface area (Å²) in [5.41, 5.74) is 4.86. The largest absolute Gasteiger partial charge is 0.439 e. The van der Waals surface area contributed by atoms with Gasteiger partial charge in [0.15, 0.2) is 5.82 Å². The zero-order valence-corrected chi connectivity index (χ0v) is 25.6. The molecule has 2 aromatic carbocycles. The molecule has 0 bridgehead atoms. The number of hydrogen-bond acceptors (Lipinski definition) is 7. The first-order chi connectivity index (χ1) is 21.3. The van der Waals surface area contributed by atoms with Crippen LogP contribution in [0.5, 0.6) is 0 Å². The Labute approximate surface area is 256 Å². The molecule has 230 valence electrons. The minimum absolute atomic E-state index is 0.00312. The number of aromatic amines is 1. The van der Waals surface area contributed by atoms with Gasteiger partial charge in [-0.05, 0) is 49.8 Å². The Bertz CT molecular complexity index is 1740. The molecule has 2 atom stereocenters. The summed E-state index contributed by atoms with van der Waals surface area (Å²) < 4.78 is 6.51. The molecular weight excluding hydrogens is 556 g/mol. The number of piperazine rings is 1. The third kappa shape index (κ3) is 6.17. The van der Waals surface area contributed by atoms with Gasteiger partial charge >= 0.3 is 5.76 Å². The Kier molecular flexibility index (Phi) is 8.61. The Morgan fingerprint density at radius 2 is 1.70 bits per heavy atom. The molecule has 1 saturated carbocycles. The van der Waals surface area contributed by atoms with Crippen LogP contribution in [0.25, 0.3) is 22.5 Å². The topological polar surface area (TPSA) is 126 Å². The lowest BCUT2D eigenvalue weighted by Gasteiger charge is -2.39. The molecule has 2 unspecified atom stereocenters. The highest BCUT2D eigenvalue weighted by Crippen LogP contribution is 2.40. The molecule has 2 N–H and O–H groups in total. The molecule has 0 spiro atoms. The summed E-state index contributed by atoms with van der Waals surface area (Å²) in [6.07, 6.45) is 4.75. The summed E-state index contributed by atoms with van der Waals surface area (Å²) >= 11 is 0. The van der Waals surface area contributed by atoms with Crippen LogP contribution in [0, 0.1) is 0 Å². The predicted octanol–water partition coefficient (Wildman–Crippen LogP) is 4.27. The molecule has 1 aliphatic heterocycles. The van der Waals surface area contributed by atoms with Crippen LogP contribution < -0.4 is 16.6 Å². The molecule has 2 aliphatic rings. The quantitative estimate of drug-likeness (QED) is 0.280. The molecule has 10 heteroatoms. The number of benzene rings is 2. The number of H-pyrrole nitrogens is 1. The van der Waals surface area contributed by atoms with E-state index in [0.717, 1.165) is 72.5 Å². The smallest absolute Gasteiger partial charge is 0.334 e. The Balaban J connectivity index is 1.33. The lowest BCUT2D eigenvalue weighted by atomic mass is 9.98. The van der Waals surface area contributed by atoms with Crippen molar-refractivity contribution in [3.63, 3.8) is 0 Å². The second-order valence-corrected chi connectivity index (χ2v) is 12.2. The fraction of sp³-hybridized carbons (Fsp3) is 0.441. The fourth-order valence-electron chi connectivity index (χ4n) is 6.33. The van der Waals surface area contributed by atoms with Gasteiger partial charge in [-0.25, -0.2) is 9.78 Å². The van der Waals surface area contributed by atoms with Crippen LogP contribution in [-0.4, -0.2) is 55.7 Å². The fourth-order valence-corrected chi connectivity index (χ4v) is 6.33. The number of aromatic nitrogens is 4. The molecular formula is C34H40N6O4. The minimum Gasteiger partial charge on any atom is -0.334 e. The van der Waals surface area contributed by atoms with Crippen molar-refractivity contribution in [2.45, 2.75) is 83.8 Å². The maximum Gasteiger partial charge on any atom is 0.439 e. The molecule has 3 heterocycles. The van der Waals surface area contributed by atoms with E-state index in [2.05, 4.69) is 36.2 Å². The van der Waals surface area contributed by atoms with Gasteiger partial charge in [-0.2, -0.15) is 0 Å². The van der Waals surface area contributed by atoms with Crippen molar-refractivity contribution in [1.29, 1.82) is 0 Å². The summed E-state index contributed by atoms with van der Waals surface area (Å²) in [6, 6.07) is 15.8. The lowest BCUT2D eigenvalue weighted by Crippen LogP contribution is -2.57. The highest BCUT2D eigenvalue weighted by atomic mass is 16.5. The molecule has 4 aromatic rings. The normalized spacial score (nSPS) is 18.5. The van der Waals surface area contributed by atoms with Crippen LogP contribution in [0.4, 0.5) is 0 Å². The van der Waals surface area contributed by atoms with E-state index < -0.39 is 5.76 Å². The summed E-state index contributed by atoms with van der Waals surface area (Å²) in [4.78, 5) is 49.2. The number of carbonyl (C=O) groups is 1. The average Bonchev–Trinajstić information content (AvgIpc) is 3.78. The Morgan fingerprint density at radius 3 is 2.34 bits per heavy atom. The van der Waals surface area contributed by atoms with E-state index >= 15 is 0 Å². The van der Waals surface area contributed by atoms with Crippen molar-refractivity contribution in [1.82, 2.24) is 29.9 Å². The summed E-state index contributed by atoms with van der Waals surface area (Å²) in [6.45, 7) is 8.12. The van der Waals surface area contributed by atoms with Gasteiger partial charge in [0.1, 0.15) is 5.82 Å². The number of rotatable bonds is 10. The van der Waals surface area contributed by atoms with E-state index in [0.29, 0.717) is 24.4 Å². The van der Waals surface area contributed by atoms with Crippen LogP contribution in [0.1, 0.15) is 75.0 Å². The van der Waals surface area contributed by atoms with Gasteiger partial charge in [-0.15, -0.1) is 0 Å². The summed E-state index contributed by atoms with van der Waals surface area (Å²) in [7, 11) is 0. The third-order valence-corrected chi connectivity index (χ3v) is 8.76. The first-order valence-corrected chi connectivity index (χ1v) is 15.7. The van der Waals surface area contributed by atoms with Crippen LogP contribution >= 0.6 is 0 Å². The van der Waals surface area contributed by atoms with Crippen molar-refractivity contribution >= 4 is 5.91 Å². The number of aryl methyl sites for hydroxylation is 1. The molecule has 1 amide bonds. The Hall–Kier alpha value is -4.31. The van der Waals surface area contributed by atoms with E-state index in [1.165, 1.54) is 0 Å². The van der Waals surface area contributed by atoms with E-state index in [1.54, 1.807) is 4.57 Å². The molecule has 1 aliphatic carbocycles. The first kappa shape index (κ1) is 29.7. The first-order valence-electron chi connectivity index (χ1n) is 15.7. The average molecular weight is 597 g/mol. The van der Waals surface area contributed by atoms with Crippen molar-refractivity contribution in [2.24, 2.45) is 0 Å². The van der Waals surface area contributed by atoms with Gasteiger partial charge in [0, 0.05) is 48.6 Å². The van der Waals surface area contributed by atoms with E-state index in [4.69, 9.17) is 9.51 Å². The minimum atomic E-state index is -0.603. The lowest BCUT2D eigenvalue weighted by molar-refractivity contribution is -0.135. The SMILES string of the molecule is CCCCc1nc(C2CC2)c(CC(=O)N2C(C)CNCC2C)c(=O)n1Cc1ccc(-c2ccccc2-c2noc(=O)[nH]2)cc1. The molecule has 1 saturated heterocycles. The van der Waals surface area contributed by atoms with Crippen molar-refractivity contribution in [3.8, 4) is 22.5 Å². The van der Waals surface area contributed by atoms with Gasteiger partial charge in [0.05, 0.1) is 18.7 Å². The molecule has 44 heavy (non-hydrogen) atoms. The van der Waals surface area contributed by atoms with Gasteiger partial charge in [-0.1, -0.05) is 67.0 Å². The standard InChI is InChI=1S/C34H40N6O4/c1-4-5-10-29-36-31(25-15-16-25)28(17-30(41)40-21(2)18-35-19-22(40)3)33(42)39(29)20-23-11-13-24(14-12-23)26-8-6-7-9-27(26)32-37-34(43)44-38-32/h6-9,11-14,21-22,25,35H,4-5,10,15-20H2,1-3H3,(H,37,38,43). The summed E-state index contributed by atoms with van der Waals surface area (Å²) in [5, 5.41) is 7.24. The molecule has 10 nitrogen and oxygen atoms in total. The van der Waals surface area contributed by atoms with E-state index in [-0.39, 0.29) is 35.9 Å². The predicted molar refractivity (Wildman–Crippen MR) is 169 cm³/mol. The highest BCUT2D eigenvalue weighted by Gasteiger charge is 2.34. The number of unbranched alkanes of at least 4 members (excludes halogenated alkanes) is 1. The molecule has 0 radical (unpaired) electrons. The van der Waals surface area contributed by atoms with E-state index in [1.807, 2.05) is 53.4 Å². The summed E-state index contributed by atoms with van der Waals surface area (Å²) in [5.74, 6) is 0.821. The molecule has 2 aromatic heterocycles. The van der Waals surface area contributed by atoms with Crippen molar-refractivity contribution in [3.05, 3.63) is 92.1 Å². The highest BCUT2D eigenvalue weighted by molar-refractivity contribution is 5.81. The van der Waals surface area contributed by atoms with Crippen LogP contribution in [0.3, 0.4) is 0 Å². The second-order valence-electron chi connectivity index (χ2n) is 12.2. The zero-order chi connectivity index (χ0) is 30.8. The Morgan fingerprint density at radius 1 is 1.00 bits per heavy atom. The molecule has 2 fully saturated rings. The van der Waals surface area contributed by atoms with Gasteiger partial charge in [0.25, 0.3) is 5.56 Å². The maximum absolute atomic E-state index is 14.3. The van der Waals surface area contributed by atoms with Gasteiger partial charge in [-0.3, -0.25) is 23.7 Å². The third-order valence-electron chi connectivity index (χ3n) is 8.76. The maximum atomic E-state index is 14.3. The van der Waals surface area contributed by atoms with Gasteiger partial charge in [0.2, 0.25) is 5.91 Å². The number of carbonyl (C=O) groups excluding carboxylic acids is 1. The number of amides is 1. The zero-order valence-electron chi connectivity index (χ0n) is 25.6. The second kappa shape index (κ2) is 12.7. The van der Waals surface area contributed by atoms with Crippen LogP contribution in [0.2, 0.25) is 0 Å². The van der Waals surface area contributed by atoms with Gasteiger partial charge < -0.3 is 10.2 Å². The monoisotopic (exact) mass is 596 g/mol. The number of nitrogens with zero attached hydrogens (tertiary/aromatic N) is 4. The number of hydrogen-bond donors (Lipinski definition) is 2. The molecule has 6 rings (SSSR count). The van der Waals surface area contributed by atoms with Crippen molar-refractivity contribution in [2.75, 3.05) is 13.1 Å². The van der Waals surface area contributed by atoms with Crippen molar-refractivity contribution < 1.29 is 9.32 Å². The van der Waals surface area contributed by atoms with E-state index in [9.17, 15) is 14.4 Å². The van der Waals surface area contributed by atoms with Crippen LogP contribution in [0.15, 0.2) is 62.6 Å².